The third-order valence-corrected chi connectivity index (χ3v) is 3.22. The summed E-state index contributed by atoms with van der Waals surface area (Å²) in [5.41, 5.74) is 7.86. The van der Waals surface area contributed by atoms with Crippen LogP contribution in [0, 0.1) is 0 Å². The van der Waals surface area contributed by atoms with Crippen molar-refractivity contribution in [3.63, 3.8) is 0 Å². The Balaban J connectivity index is 2.05. The highest BCUT2D eigenvalue weighted by molar-refractivity contribution is 5.46. The van der Waals surface area contributed by atoms with E-state index in [2.05, 4.69) is 5.10 Å². The maximum Gasteiger partial charge on any atom is 0.164 e. The van der Waals surface area contributed by atoms with Crippen molar-refractivity contribution in [3.8, 4) is 11.5 Å². The van der Waals surface area contributed by atoms with Crippen molar-refractivity contribution in [1.82, 2.24) is 9.78 Å². The average Bonchev–Trinajstić information content (AvgIpc) is 2.86. The van der Waals surface area contributed by atoms with E-state index >= 15 is 0 Å². The fourth-order valence-electron chi connectivity index (χ4n) is 2.14. The Labute approximate surface area is 119 Å². The minimum absolute atomic E-state index is 0.581. The van der Waals surface area contributed by atoms with Gasteiger partial charge in [0.25, 0.3) is 0 Å². The van der Waals surface area contributed by atoms with Gasteiger partial charge in [0.1, 0.15) is 0 Å². The number of nitrogens with zero attached hydrogens (tertiary/aromatic N) is 2. The summed E-state index contributed by atoms with van der Waals surface area (Å²) < 4.78 is 13.1. The van der Waals surface area contributed by atoms with Crippen LogP contribution in [0.3, 0.4) is 0 Å². The van der Waals surface area contributed by atoms with E-state index in [4.69, 9.17) is 15.2 Å². The molecular weight excluding hydrogens is 254 g/mol. The summed E-state index contributed by atoms with van der Waals surface area (Å²) >= 11 is 0. The number of rotatable bonds is 7. The Bertz CT molecular complexity index is 552. The molecule has 0 aliphatic heterocycles. The van der Waals surface area contributed by atoms with Gasteiger partial charge in [-0.15, -0.1) is 0 Å². The largest absolute Gasteiger partial charge is 0.493 e. The molecule has 0 fully saturated rings. The van der Waals surface area contributed by atoms with Crippen LogP contribution in [0.2, 0.25) is 0 Å². The highest BCUT2D eigenvalue weighted by atomic mass is 16.5. The van der Waals surface area contributed by atoms with Crippen molar-refractivity contribution in [2.45, 2.75) is 12.8 Å². The summed E-state index contributed by atoms with van der Waals surface area (Å²) in [5.74, 6) is 1.54. The summed E-state index contributed by atoms with van der Waals surface area (Å²) in [5, 5.41) is 4.14. The molecule has 0 unspecified atom stereocenters. The molecule has 0 bridgehead atoms. The third-order valence-electron chi connectivity index (χ3n) is 3.22. The van der Waals surface area contributed by atoms with Gasteiger partial charge >= 0.3 is 0 Å². The van der Waals surface area contributed by atoms with Gasteiger partial charge in [0, 0.05) is 25.4 Å². The minimum Gasteiger partial charge on any atom is -0.493 e. The van der Waals surface area contributed by atoms with Gasteiger partial charge < -0.3 is 15.2 Å². The quantitative estimate of drug-likeness (QED) is 0.833. The zero-order valence-corrected chi connectivity index (χ0v) is 12.0. The minimum atomic E-state index is 0.581. The van der Waals surface area contributed by atoms with Gasteiger partial charge in [-0.2, -0.15) is 5.10 Å². The van der Waals surface area contributed by atoms with Crippen molar-refractivity contribution in [2.75, 3.05) is 20.3 Å². The molecule has 1 aromatic carbocycles. The van der Waals surface area contributed by atoms with Crippen molar-refractivity contribution < 1.29 is 9.47 Å². The molecule has 0 amide bonds. The van der Waals surface area contributed by atoms with E-state index in [9.17, 15) is 0 Å². The number of ether oxygens (including phenoxy) is 2. The zero-order valence-electron chi connectivity index (χ0n) is 12.0. The SMILES string of the molecule is COc1cccc(CCN)c1OCCc1ccnn1C. The third kappa shape index (κ3) is 3.30. The molecular formula is C15H21N3O2. The Kier molecular flexibility index (Phi) is 5.01. The summed E-state index contributed by atoms with van der Waals surface area (Å²) in [7, 11) is 3.58. The summed E-state index contributed by atoms with van der Waals surface area (Å²) in [6.07, 6.45) is 3.37. The molecule has 0 atom stereocenters. The lowest BCUT2D eigenvalue weighted by Gasteiger charge is -2.14. The number of aryl methyl sites for hydroxylation is 1. The van der Waals surface area contributed by atoms with Crippen molar-refractivity contribution in [1.29, 1.82) is 0 Å². The van der Waals surface area contributed by atoms with E-state index in [1.807, 2.05) is 36.0 Å². The molecule has 2 rings (SSSR count). The van der Waals surface area contributed by atoms with E-state index in [1.54, 1.807) is 13.3 Å². The molecule has 1 aromatic heterocycles. The maximum absolute atomic E-state index is 5.92. The van der Waals surface area contributed by atoms with Gasteiger partial charge in [0.15, 0.2) is 11.5 Å². The number of nitrogens with two attached hydrogens (primary N) is 1. The molecule has 5 heteroatoms. The van der Waals surface area contributed by atoms with Crippen molar-refractivity contribution >= 4 is 0 Å². The molecule has 0 radical (unpaired) electrons. The van der Waals surface area contributed by atoms with Crippen LogP contribution in [0.1, 0.15) is 11.3 Å². The molecule has 108 valence electrons. The molecule has 0 aliphatic rings. The van der Waals surface area contributed by atoms with Gasteiger partial charge in [-0.05, 0) is 30.7 Å². The van der Waals surface area contributed by atoms with E-state index in [1.165, 1.54) is 0 Å². The van der Waals surface area contributed by atoms with Gasteiger partial charge in [-0.1, -0.05) is 12.1 Å². The van der Waals surface area contributed by atoms with Crippen LogP contribution in [-0.2, 0) is 19.9 Å². The van der Waals surface area contributed by atoms with Crippen molar-refractivity contribution in [2.24, 2.45) is 12.8 Å². The molecule has 1 heterocycles. The molecule has 2 N–H and O–H groups in total. The second kappa shape index (κ2) is 6.96. The fraction of sp³-hybridized carbons (Fsp3) is 0.400. The second-order valence-corrected chi connectivity index (χ2v) is 4.53. The number of para-hydroxylation sites is 1. The predicted octanol–water partition coefficient (Wildman–Crippen LogP) is 1.55. The number of hydrogen-bond acceptors (Lipinski definition) is 4. The van der Waals surface area contributed by atoms with Gasteiger partial charge in [-0.25, -0.2) is 0 Å². The number of methoxy groups -OCH3 is 1. The van der Waals surface area contributed by atoms with E-state index in [0.717, 1.165) is 35.6 Å². The van der Waals surface area contributed by atoms with Crippen molar-refractivity contribution in [3.05, 3.63) is 41.7 Å². The fourth-order valence-corrected chi connectivity index (χ4v) is 2.14. The van der Waals surface area contributed by atoms with Crippen LogP contribution < -0.4 is 15.2 Å². The van der Waals surface area contributed by atoms with E-state index in [0.29, 0.717) is 13.2 Å². The predicted molar refractivity (Wildman–Crippen MR) is 78.2 cm³/mol. The Morgan fingerprint density at radius 2 is 2.10 bits per heavy atom. The standard InChI is InChI=1S/C15H21N3O2/c1-18-13(7-10-17-18)8-11-20-15-12(6-9-16)4-3-5-14(15)19-2/h3-5,7,10H,6,8-9,11,16H2,1-2H3. The topological polar surface area (TPSA) is 62.3 Å². The highest BCUT2D eigenvalue weighted by Crippen LogP contribution is 2.31. The summed E-state index contributed by atoms with van der Waals surface area (Å²) in [6.45, 7) is 1.17. The normalized spacial score (nSPS) is 10.6. The second-order valence-electron chi connectivity index (χ2n) is 4.53. The zero-order chi connectivity index (χ0) is 14.4. The van der Waals surface area contributed by atoms with Gasteiger partial charge in [0.05, 0.1) is 13.7 Å². The monoisotopic (exact) mass is 275 g/mol. The highest BCUT2D eigenvalue weighted by Gasteiger charge is 2.10. The molecule has 0 saturated heterocycles. The smallest absolute Gasteiger partial charge is 0.164 e. The molecule has 20 heavy (non-hydrogen) atoms. The first kappa shape index (κ1) is 14.4. The van der Waals surface area contributed by atoms with E-state index < -0.39 is 0 Å². The van der Waals surface area contributed by atoms with Crippen LogP contribution in [0.25, 0.3) is 0 Å². The molecule has 0 spiro atoms. The lowest BCUT2D eigenvalue weighted by molar-refractivity contribution is 0.292. The van der Waals surface area contributed by atoms with Crippen LogP contribution in [0.4, 0.5) is 0 Å². The Morgan fingerprint density at radius 3 is 2.75 bits per heavy atom. The van der Waals surface area contributed by atoms with Crippen LogP contribution >= 0.6 is 0 Å². The lowest BCUT2D eigenvalue weighted by atomic mass is 10.1. The number of hydrogen-bond donors (Lipinski definition) is 1. The molecule has 5 nitrogen and oxygen atoms in total. The molecule has 0 aliphatic carbocycles. The number of benzene rings is 1. The van der Waals surface area contributed by atoms with Crippen LogP contribution in [0.15, 0.2) is 30.5 Å². The lowest BCUT2D eigenvalue weighted by Crippen LogP contribution is -2.10. The summed E-state index contributed by atoms with van der Waals surface area (Å²) in [4.78, 5) is 0. The molecule has 0 saturated carbocycles. The molecule has 2 aromatic rings. The number of aromatic nitrogens is 2. The Morgan fingerprint density at radius 1 is 1.25 bits per heavy atom. The maximum atomic E-state index is 5.92. The first-order chi connectivity index (χ1) is 9.76. The first-order valence-corrected chi connectivity index (χ1v) is 6.72. The van der Waals surface area contributed by atoms with E-state index in [-0.39, 0.29) is 0 Å². The van der Waals surface area contributed by atoms with Crippen LogP contribution in [0.5, 0.6) is 11.5 Å². The summed E-state index contributed by atoms with van der Waals surface area (Å²) in [6, 6.07) is 7.87. The first-order valence-electron chi connectivity index (χ1n) is 6.72. The van der Waals surface area contributed by atoms with Gasteiger partial charge in [0.2, 0.25) is 0 Å². The average molecular weight is 275 g/mol. The van der Waals surface area contributed by atoms with Crippen LogP contribution in [-0.4, -0.2) is 30.0 Å². The Hall–Kier alpha value is -2.01. The van der Waals surface area contributed by atoms with Gasteiger partial charge in [-0.3, -0.25) is 4.68 Å².